The molecule has 2 aromatic heterocycles. The third-order valence-corrected chi connectivity index (χ3v) is 5.63. The van der Waals surface area contributed by atoms with Gasteiger partial charge in [0.05, 0.1) is 5.69 Å². The molecule has 1 saturated heterocycles. The fourth-order valence-corrected chi connectivity index (χ4v) is 3.90. The molecule has 2 atom stereocenters. The minimum atomic E-state index is -0.638. The topological polar surface area (TPSA) is 80.7 Å². The fourth-order valence-electron chi connectivity index (χ4n) is 3.90. The van der Waals surface area contributed by atoms with Crippen molar-refractivity contribution in [1.82, 2.24) is 20.1 Å². The molecule has 0 N–H and O–H groups in total. The number of nitrogens with zero attached hydrogens (tertiary/aromatic N) is 5. The molecule has 31 heavy (non-hydrogen) atoms. The van der Waals surface area contributed by atoms with Crippen LogP contribution in [-0.4, -0.2) is 64.4 Å². The fraction of sp³-hybridized carbons (Fsp3) is 0.304. The summed E-state index contributed by atoms with van der Waals surface area (Å²) in [5.41, 5.74) is 1.79. The van der Waals surface area contributed by atoms with Crippen molar-refractivity contribution in [2.24, 2.45) is 0 Å². The van der Waals surface area contributed by atoms with E-state index in [0.717, 1.165) is 17.1 Å². The first-order valence-corrected chi connectivity index (χ1v) is 10.4. The first-order chi connectivity index (χ1) is 15.2. The molecule has 4 heterocycles. The van der Waals surface area contributed by atoms with Gasteiger partial charge in [0.15, 0.2) is 17.3 Å². The van der Waals surface area contributed by atoms with Crippen molar-refractivity contribution in [3.05, 3.63) is 60.9 Å². The molecule has 1 fully saturated rings. The van der Waals surface area contributed by atoms with Crippen molar-refractivity contribution in [3.8, 4) is 22.8 Å². The second-order valence-corrected chi connectivity index (χ2v) is 7.63. The molecule has 0 aliphatic carbocycles. The molecule has 2 unspecified atom stereocenters. The molecule has 2 aliphatic heterocycles. The van der Waals surface area contributed by atoms with E-state index < -0.39 is 6.10 Å². The SMILES string of the molecule is CC1Oc2ccccc2OC1C(=O)N1CCN(c2ccc(-c3ccncc3)nn2)CC1. The molecule has 5 rings (SSSR count). The van der Waals surface area contributed by atoms with Crippen LogP contribution in [0.15, 0.2) is 60.9 Å². The van der Waals surface area contributed by atoms with E-state index in [2.05, 4.69) is 20.1 Å². The molecule has 158 valence electrons. The van der Waals surface area contributed by atoms with Gasteiger partial charge in [-0.2, -0.15) is 0 Å². The predicted molar refractivity (Wildman–Crippen MR) is 115 cm³/mol. The Morgan fingerprint density at radius 1 is 0.903 bits per heavy atom. The summed E-state index contributed by atoms with van der Waals surface area (Å²) >= 11 is 0. The number of carbonyl (C=O) groups excluding carboxylic acids is 1. The molecule has 8 heteroatoms. The standard InChI is InChI=1S/C23H23N5O3/c1-16-22(31-20-5-3-2-4-19(20)30-16)23(29)28-14-12-27(13-15-28)21-7-6-18(25-26-21)17-8-10-24-11-9-17/h2-11,16,22H,12-15H2,1H3. The van der Waals surface area contributed by atoms with Crippen LogP contribution in [-0.2, 0) is 4.79 Å². The summed E-state index contributed by atoms with van der Waals surface area (Å²) in [5.74, 6) is 2.06. The second-order valence-electron chi connectivity index (χ2n) is 7.63. The zero-order valence-electron chi connectivity index (χ0n) is 17.2. The highest BCUT2D eigenvalue weighted by molar-refractivity contribution is 5.82. The summed E-state index contributed by atoms with van der Waals surface area (Å²) < 4.78 is 11.9. The minimum Gasteiger partial charge on any atom is -0.482 e. The van der Waals surface area contributed by atoms with E-state index >= 15 is 0 Å². The maximum atomic E-state index is 13.1. The van der Waals surface area contributed by atoms with Gasteiger partial charge >= 0.3 is 0 Å². The Morgan fingerprint density at radius 2 is 1.61 bits per heavy atom. The Hall–Kier alpha value is -3.68. The number of rotatable bonds is 3. The van der Waals surface area contributed by atoms with Crippen molar-refractivity contribution >= 4 is 11.7 Å². The van der Waals surface area contributed by atoms with Crippen molar-refractivity contribution in [1.29, 1.82) is 0 Å². The molecule has 1 aromatic carbocycles. The van der Waals surface area contributed by atoms with E-state index in [1.165, 1.54) is 0 Å². The van der Waals surface area contributed by atoms with Gasteiger partial charge in [-0.3, -0.25) is 9.78 Å². The zero-order valence-corrected chi connectivity index (χ0v) is 17.2. The van der Waals surface area contributed by atoms with E-state index in [-0.39, 0.29) is 12.0 Å². The van der Waals surface area contributed by atoms with Gasteiger partial charge in [0, 0.05) is 44.1 Å². The number of hydrogen-bond donors (Lipinski definition) is 0. The highest BCUT2D eigenvalue weighted by Gasteiger charge is 2.37. The Morgan fingerprint density at radius 3 is 2.29 bits per heavy atom. The third-order valence-electron chi connectivity index (χ3n) is 5.63. The number of aromatic nitrogens is 3. The van der Waals surface area contributed by atoms with Crippen LogP contribution in [0.5, 0.6) is 11.5 Å². The Kier molecular flexibility index (Phi) is 5.11. The van der Waals surface area contributed by atoms with Crippen molar-refractivity contribution in [3.63, 3.8) is 0 Å². The van der Waals surface area contributed by atoms with Crippen molar-refractivity contribution < 1.29 is 14.3 Å². The number of amides is 1. The number of pyridine rings is 1. The van der Waals surface area contributed by atoms with E-state index in [4.69, 9.17) is 9.47 Å². The van der Waals surface area contributed by atoms with Crippen LogP contribution in [0.3, 0.4) is 0 Å². The first kappa shape index (κ1) is 19.3. The van der Waals surface area contributed by atoms with Gasteiger partial charge in [-0.25, -0.2) is 0 Å². The molecular formula is C23H23N5O3. The number of para-hydroxylation sites is 2. The lowest BCUT2D eigenvalue weighted by Gasteiger charge is -2.39. The summed E-state index contributed by atoms with van der Waals surface area (Å²) in [7, 11) is 0. The molecule has 0 radical (unpaired) electrons. The van der Waals surface area contributed by atoms with Gasteiger partial charge < -0.3 is 19.3 Å². The minimum absolute atomic E-state index is 0.0410. The summed E-state index contributed by atoms with van der Waals surface area (Å²) in [6.45, 7) is 4.44. The van der Waals surface area contributed by atoms with Gasteiger partial charge in [-0.05, 0) is 43.3 Å². The summed E-state index contributed by atoms with van der Waals surface area (Å²) in [6.07, 6.45) is 2.50. The number of ether oxygens (including phenoxy) is 2. The molecule has 1 amide bonds. The van der Waals surface area contributed by atoms with E-state index in [1.54, 1.807) is 12.4 Å². The van der Waals surface area contributed by atoms with Crippen LogP contribution < -0.4 is 14.4 Å². The Bertz CT molecular complexity index is 1050. The van der Waals surface area contributed by atoms with Gasteiger partial charge in [-0.1, -0.05) is 12.1 Å². The molecular weight excluding hydrogens is 394 g/mol. The van der Waals surface area contributed by atoms with E-state index in [9.17, 15) is 4.79 Å². The Balaban J connectivity index is 1.21. The van der Waals surface area contributed by atoms with E-state index in [0.29, 0.717) is 37.7 Å². The lowest BCUT2D eigenvalue weighted by molar-refractivity contribution is -0.144. The quantitative estimate of drug-likeness (QED) is 0.647. The van der Waals surface area contributed by atoms with Crippen LogP contribution >= 0.6 is 0 Å². The van der Waals surface area contributed by atoms with Gasteiger partial charge in [0.1, 0.15) is 6.10 Å². The van der Waals surface area contributed by atoms with Crippen LogP contribution in [0.1, 0.15) is 6.92 Å². The lowest BCUT2D eigenvalue weighted by atomic mass is 10.1. The largest absolute Gasteiger partial charge is 0.482 e. The molecule has 3 aromatic rings. The van der Waals surface area contributed by atoms with Gasteiger partial charge in [-0.15, -0.1) is 10.2 Å². The van der Waals surface area contributed by atoms with Crippen LogP contribution in [0.2, 0.25) is 0 Å². The molecule has 0 spiro atoms. The number of fused-ring (bicyclic) bond motifs is 1. The predicted octanol–water partition coefficient (Wildman–Crippen LogP) is 2.42. The molecule has 2 aliphatic rings. The van der Waals surface area contributed by atoms with Crippen LogP contribution in [0, 0.1) is 0 Å². The zero-order chi connectivity index (χ0) is 21.2. The van der Waals surface area contributed by atoms with E-state index in [1.807, 2.05) is 60.4 Å². The monoisotopic (exact) mass is 417 g/mol. The summed E-state index contributed by atoms with van der Waals surface area (Å²) in [5, 5.41) is 8.73. The van der Waals surface area contributed by atoms with Crippen LogP contribution in [0.25, 0.3) is 11.3 Å². The summed E-state index contributed by atoms with van der Waals surface area (Å²) in [4.78, 5) is 21.1. The highest BCUT2D eigenvalue weighted by Crippen LogP contribution is 2.34. The van der Waals surface area contributed by atoms with Gasteiger partial charge in [0.25, 0.3) is 5.91 Å². The number of hydrogen-bond acceptors (Lipinski definition) is 7. The number of carbonyl (C=O) groups is 1. The molecule has 8 nitrogen and oxygen atoms in total. The maximum Gasteiger partial charge on any atom is 0.267 e. The molecule has 0 saturated carbocycles. The van der Waals surface area contributed by atoms with Gasteiger partial charge in [0.2, 0.25) is 6.10 Å². The van der Waals surface area contributed by atoms with Crippen LogP contribution in [0.4, 0.5) is 5.82 Å². The first-order valence-electron chi connectivity index (χ1n) is 10.4. The molecule has 0 bridgehead atoms. The summed E-state index contributed by atoms with van der Waals surface area (Å²) in [6, 6.07) is 15.2. The number of anilines is 1. The highest BCUT2D eigenvalue weighted by atomic mass is 16.6. The smallest absolute Gasteiger partial charge is 0.267 e. The Labute approximate surface area is 180 Å². The average molecular weight is 417 g/mol. The van der Waals surface area contributed by atoms with Crippen molar-refractivity contribution in [2.45, 2.75) is 19.1 Å². The average Bonchev–Trinajstić information content (AvgIpc) is 2.84. The number of benzene rings is 1. The maximum absolute atomic E-state index is 13.1. The third kappa shape index (κ3) is 3.88. The number of piperazine rings is 1. The second kappa shape index (κ2) is 8.22. The normalized spacial score (nSPS) is 20.4. The lowest BCUT2D eigenvalue weighted by Crippen LogP contribution is -2.56. The van der Waals surface area contributed by atoms with Crippen molar-refractivity contribution in [2.75, 3.05) is 31.1 Å².